The van der Waals surface area contributed by atoms with Crippen molar-refractivity contribution in [3.05, 3.63) is 53.7 Å². The van der Waals surface area contributed by atoms with Crippen LogP contribution in [-0.4, -0.2) is 35.3 Å². The van der Waals surface area contributed by atoms with Crippen molar-refractivity contribution in [2.75, 3.05) is 0 Å². The molecule has 4 aromatic heterocycles. The predicted molar refractivity (Wildman–Crippen MR) is 97.1 cm³/mol. The van der Waals surface area contributed by atoms with Gasteiger partial charge >= 0.3 is 6.18 Å². The van der Waals surface area contributed by atoms with Crippen LogP contribution in [0.3, 0.4) is 0 Å². The van der Waals surface area contributed by atoms with Gasteiger partial charge in [-0.05, 0) is 32.0 Å². The van der Waals surface area contributed by atoms with Crippen LogP contribution in [0.15, 0.2) is 36.8 Å². The number of carbonyl (C=O) groups is 1. The Morgan fingerprint density at radius 1 is 1.21 bits per heavy atom. The molecule has 150 valence electrons. The van der Waals surface area contributed by atoms with Crippen LogP contribution in [0.2, 0.25) is 0 Å². The quantitative estimate of drug-likeness (QED) is 0.566. The molecular formula is C18H16F3N7O. The van der Waals surface area contributed by atoms with Gasteiger partial charge in [0, 0.05) is 23.8 Å². The van der Waals surface area contributed by atoms with Gasteiger partial charge in [-0.25, -0.2) is 9.67 Å². The molecule has 0 aliphatic carbocycles. The van der Waals surface area contributed by atoms with E-state index in [0.717, 1.165) is 12.3 Å². The van der Waals surface area contributed by atoms with Gasteiger partial charge in [0.15, 0.2) is 17.1 Å². The fraction of sp³-hybridized carbons (Fsp3) is 0.278. The number of halogens is 3. The molecule has 8 nitrogen and oxygen atoms in total. The van der Waals surface area contributed by atoms with Gasteiger partial charge in [-0.15, -0.1) is 10.2 Å². The molecule has 0 radical (unpaired) electrons. The van der Waals surface area contributed by atoms with E-state index in [0.29, 0.717) is 16.6 Å². The van der Waals surface area contributed by atoms with Gasteiger partial charge in [0.2, 0.25) is 0 Å². The van der Waals surface area contributed by atoms with E-state index in [9.17, 15) is 18.0 Å². The number of aromatic nitrogens is 6. The first-order chi connectivity index (χ1) is 13.7. The van der Waals surface area contributed by atoms with Crippen molar-refractivity contribution in [3.63, 3.8) is 0 Å². The van der Waals surface area contributed by atoms with Crippen molar-refractivity contribution < 1.29 is 18.0 Å². The molecule has 4 heterocycles. The highest BCUT2D eigenvalue weighted by Crippen LogP contribution is 2.29. The first-order valence-corrected chi connectivity index (χ1v) is 8.76. The lowest BCUT2D eigenvalue weighted by atomic mass is 10.2. The van der Waals surface area contributed by atoms with Crippen LogP contribution in [0.5, 0.6) is 0 Å². The molecule has 4 aromatic rings. The van der Waals surface area contributed by atoms with Gasteiger partial charge in [0.05, 0.1) is 23.9 Å². The molecule has 0 bridgehead atoms. The number of nitrogens with zero attached hydrogens (tertiary/aromatic N) is 6. The highest BCUT2D eigenvalue weighted by Gasteiger charge is 2.31. The van der Waals surface area contributed by atoms with E-state index in [1.54, 1.807) is 16.9 Å². The fourth-order valence-electron chi connectivity index (χ4n) is 2.93. The van der Waals surface area contributed by atoms with Crippen LogP contribution >= 0.6 is 0 Å². The van der Waals surface area contributed by atoms with Crippen molar-refractivity contribution >= 4 is 22.6 Å². The molecule has 0 atom stereocenters. The van der Waals surface area contributed by atoms with E-state index in [1.807, 2.05) is 13.8 Å². The highest BCUT2D eigenvalue weighted by atomic mass is 19.4. The lowest BCUT2D eigenvalue weighted by Crippen LogP contribution is -2.24. The van der Waals surface area contributed by atoms with E-state index < -0.39 is 17.6 Å². The summed E-state index contributed by atoms with van der Waals surface area (Å²) in [7, 11) is 0. The summed E-state index contributed by atoms with van der Waals surface area (Å²) in [6, 6.07) is 3.95. The van der Waals surface area contributed by atoms with Crippen LogP contribution in [0.4, 0.5) is 13.2 Å². The van der Waals surface area contributed by atoms with Crippen LogP contribution in [0.25, 0.3) is 16.7 Å². The number of amides is 1. The Hall–Kier alpha value is -3.50. The average molecular weight is 403 g/mol. The number of hydrogen-bond acceptors (Lipinski definition) is 5. The minimum atomic E-state index is -4.49. The van der Waals surface area contributed by atoms with Crippen molar-refractivity contribution in [1.82, 2.24) is 34.7 Å². The minimum absolute atomic E-state index is 0.0927. The Morgan fingerprint density at radius 2 is 2.00 bits per heavy atom. The molecule has 1 N–H and O–H groups in total. The molecule has 0 saturated heterocycles. The maximum Gasteiger partial charge on any atom is 0.417 e. The summed E-state index contributed by atoms with van der Waals surface area (Å²) in [6.07, 6.45) is -0.517. The molecule has 0 saturated carbocycles. The minimum Gasteiger partial charge on any atom is -0.345 e. The zero-order valence-corrected chi connectivity index (χ0v) is 15.5. The van der Waals surface area contributed by atoms with Crippen molar-refractivity contribution in [2.45, 2.75) is 32.6 Å². The number of rotatable bonds is 4. The number of carbonyl (C=O) groups excluding carboxylic acids is 1. The third kappa shape index (κ3) is 3.50. The molecule has 29 heavy (non-hydrogen) atoms. The molecule has 1 amide bonds. The Labute approximate surface area is 162 Å². The number of pyridine rings is 2. The molecule has 0 unspecified atom stereocenters. The van der Waals surface area contributed by atoms with Crippen LogP contribution < -0.4 is 5.32 Å². The smallest absolute Gasteiger partial charge is 0.345 e. The Kier molecular flexibility index (Phi) is 4.44. The van der Waals surface area contributed by atoms with E-state index in [1.165, 1.54) is 16.7 Å². The topological polar surface area (TPSA) is 90.0 Å². The second-order valence-corrected chi connectivity index (χ2v) is 6.76. The maximum atomic E-state index is 12.9. The molecule has 11 heteroatoms. The van der Waals surface area contributed by atoms with Gasteiger partial charge in [-0.2, -0.15) is 18.3 Å². The SMILES string of the molecule is CC(C)n1ncc2cc(C(=O)NCc3nnc4ccc(C(F)(F)F)cn34)cnc21. The summed E-state index contributed by atoms with van der Waals surface area (Å²) < 4.78 is 41.7. The lowest BCUT2D eigenvalue weighted by molar-refractivity contribution is -0.137. The fourth-order valence-corrected chi connectivity index (χ4v) is 2.93. The summed E-state index contributed by atoms with van der Waals surface area (Å²) in [5.74, 6) is -0.249. The molecule has 0 aliphatic heterocycles. The third-order valence-electron chi connectivity index (χ3n) is 4.39. The predicted octanol–water partition coefficient (Wildman–Crippen LogP) is 3.00. The zero-order valence-electron chi connectivity index (χ0n) is 15.5. The zero-order chi connectivity index (χ0) is 20.8. The summed E-state index contributed by atoms with van der Waals surface area (Å²) in [5, 5.41) is 15.3. The standard InChI is InChI=1S/C18H16F3N7O/c1-10(2)28-16-11(7-24-28)5-12(6-22-16)17(29)23-8-15-26-25-14-4-3-13(9-27(14)15)18(19,20)21/h3-7,9-10H,8H2,1-2H3,(H,23,29). The Morgan fingerprint density at radius 3 is 2.72 bits per heavy atom. The Balaban J connectivity index is 1.54. The van der Waals surface area contributed by atoms with E-state index >= 15 is 0 Å². The number of fused-ring (bicyclic) bond motifs is 2. The summed E-state index contributed by atoms with van der Waals surface area (Å²) in [5.41, 5.74) is 0.408. The van der Waals surface area contributed by atoms with E-state index in [2.05, 4.69) is 25.6 Å². The van der Waals surface area contributed by atoms with Crippen LogP contribution in [0, 0.1) is 0 Å². The van der Waals surface area contributed by atoms with E-state index in [4.69, 9.17) is 0 Å². The second-order valence-electron chi connectivity index (χ2n) is 6.76. The first-order valence-electron chi connectivity index (χ1n) is 8.76. The third-order valence-corrected chi connectivity index (χ3v) is 4.39. The highest BCUT2D eigenvalue weighted by molar-refractivity contribution is 5.96. The molecule has 0 spiro atoms. The maximum absolute atomic E-state index is 12.9. The molecule has 0 aliphatic rings. The monoisotopic (exact) mass is 403 g/mol. The van der Waals surface area contributed by atoms with Gasteiger partial charge in [-0.1, -0.05) is 0 Å². The Bertz CT molecular complexity index is 1210. The van der Waals surface area contributed by atoms with Gasteiger partial charge in [-0.3, -0.25) is 9.20 Å². The average Bonchev–Trinajstić information content (AvgIpc) is 3.28. The molecule has 0 aromatic carbocycles. The number of alkyl halides is 3. The second kappa shape index (κ2) is 6.83. The van der Waals surface area contributed by atoms with Crippen LogP contribution in [0.1, 0.15) is 41.6 Å². The first kappa shape index (κ1) is 18.8. The molecule has 0 fully saturated rings. The normalized spacial score (nSPS) is 12.2. The van der Waals surface area contributed by atoms with Gasteiger partial charge in [0.25, 0.3) is 5.91 Å². The van der Waals surface area contributed by atoms with Crippen molar-refractivity contribution in [2.24, 2.45) is 0 Å². The number of hydrogen-bond donors (Lipinski definition) is 1. The van der Waals surface area contributed by atoms with Crippen molar-refractivity contribution in [1.29, 1.82) is 0 Å². The van der Waals surface area contributed by atoms with Gasteiger partial charge < -0.3 is 5.32 Å². The van der Waals surface area contributed by atoms with E-state index in [-0.39, 0.29) is 24.1 Å². The van der Waals surface area contributed by atoms with Crippen molar-refractivity contribution in [3.8, 4) is 0 Å². The van der Waals surface area contributed by atoms with Crippen LogP contribution in [-0.2, 0) is 12.7 Å². The number of nitrogens with one attached hydrogen (secondary N) is 1. The largest absolute Gasteiger partial charge is 0.417 e. The molecule has 4 rings (SSSR count). The lowest BCUT2D eigenvalue weighted by Gasteiger charge is -2.08. The molecular weight excluding hydrogens is 387 g/mol. The summed E-state index contributed by atoms with van der Waals surface area (Å²) >= 11 is 0. The summed E-state index contributed by atoms with van der Waals surface area (Å²) in [6.45, 7) is 3.86. The van der Waals surface area contributed by atoms with Gasteiger partial charge in [0.1, 0.15) is 0 Å². The summed E-state index contributed by atoms with van der Waals surface area (Å²) in [4.78, 5) is 16.8.